The third kappa shape index (κ3) is 3.15. The zero-order valence-corrected chi connectivity index (χ0v) is 11.3. The molecule has 6 heteroatoms. The van der Waals surface area contributed by atoms with Gasteiger partial charge >= 0.3 is 0 Å². The Kier molecular flexibility index (Phi) is 3.79. The lowest BCUT2D eigenvalue weighted by atomic mass is 10.1. The SMILES string of the molecule is N#Cc1ccc(Cl)cc1NC1CCCS(=O)(=O)C1. The molecular formula is C12H13ClN2O2S. The molecule has 96 valence electrons. The Morgan fingerprint density at radius 2 is 2.22 bits per heavy atom. The predicted molar refractivity (Wildman–Crippen MR) is 71.5 cm³/mol. The Labute approximate surface area is 111 Å². The molecule has 2 rings (SSSR count). The van der Waals surface area contributed by atoms with Crippen molar-refractivity contribution in [3.63, 3.8) is 0 Å². The van der Waals surface area contributed by atoms with Crippen LogP contribution in [0.1, 0.15) is 18.4 Å². The first-order valence-electron chi connectivity index (χ1n) is 5.67. The molecule has 1 saturated heterocycles. The smallest absolute Gasteiger partial charge is 0.152 e. The molecule has 0 spiro atoms. The van der Waals surface area contributed by atoms with Crippen LogP contribution >= 0.6 is 11.6 Å². The number of nitrogens with one attached hydrogen (secondary N) is 1. The van der Waals surface area contributed by atoms with Gasteiger partial charge in [0.25, 0.3) is 0 Å². The average molecular weight is 285 g/mol. The van der Waals surface area contributed by atoms with E-state index in [1.165, 1.54) is 0 Å². The Balaban J connectivity index is 2.19. The fraction of sp³-hybridized carbons (Fsp3) is 0.417. The van der Waals surface area contributed by atoms with E-state index < -0.39 is 9.84 Å². The van der Waals surface area contributed by atoms with Gasteiger partial charge in [-0.2, -0.15) is 5.26 Å². The number of benzene rings is 1. The first-order chi connectivity index (χ1) is 8.50. The summed E-state index contributed by atoms with van der Waals surface area (Å²) < 4.78 is 23.1. The summed E-state index contributed by atoms with van der Waals surface area (Å²) >= 11 is 5.88. The summed E-state index contributed by atoms with van der Waals surface area (Å²) in [6.45, 7) is 0. The van der Waals surface area contributed by atoms with Crippen molar-refractivity contribution in [1.29, 1.82) is 5.26 Å². The second-order valence-corrected chi connectivity index (χ2v) is 7.06. The van der Waals surface area contributed by atoms with Gasteiger partial charge in [0.05, 0.1) is 22.8 Å². The van der Waals surface area contributed by atoms with Gasteiger partial charge in [-0.1, -0.05) is 11.6 Å². The van der Waals surface area contributed by atoms with Crippen LogP contribution in [0.2, 0.25) is 5.02 Å². The van der Waals surface area contributed by atoms with Crippen LogP contribution in [-0.4, -0.2) is 26.0 Å². The summed E-state index contributed by atoms with van der Waals surface area (Å²) in [5, 5.41) is 12.6. The molecule has 0 bridgehead atoms. The third-order valence-electron chi connectivity index (χ3n) is 2.92. The average Bonchev–Trinajstić information content (AvgIpc) is 2.28. The van der Waals surface area contributed by atoms with Crippen LogP contribution in [0.15, 0.2) is 18.2 Å². The molecule has 1 N–H and O–H groups in total. The molecular weight excluding hydrogens is 272 g/mol. The largest absolute Gasteiger partial charge is 0.380 e. The second kappa shape index (κ2) is 5.17. The zero-order valence-electron chi connectivity index (χ0n) is 9.69. The minimum atomic E-state index is -2.96. The molecule has 1 aliphatic rings. The molecule has 1 aliphatic heterocycles. The number of hydrogen-bond donors (Lipinski definition) is 1. The first-order valence-corrected chi connectivity index (χ1v) is 7.87. The lowest BCUT2D eigenvalue weighted by Gasteiger charge is -2.24. The number of anilines is 1. The van der Waals surface area contributed by atoms with Gasteiger partial charge in [0.2, 0.25) is 0 Å². The van der Waals surface area contributed by atoms with Crippen LogP contribution in [0.3, 0.4) is 0 Å². The van der Waals surface area contributed by atoms with Crippen molar-refractivity contribution in [3.05, 3.63) is 28.8 Å². The highest BCUT2D eigenvalue weighted by Gasteiger charge is 2.25. The Morgan fingerprint density at radius 1 is 1.44 bits per heavy atom. The summed E-state index contributed by atoms with van der Waals surface area (Å²) in [6, 6.07) is 6.84. The van der Waals surface area contributed by atoms with Gasteiger partial charge in [-0.15, -0.1) is 0 Å². The fourth-order valence-electron chi connectivity index (χ4n) is 2.09. The van der Waals surface area contributed by atoms with Gasteiger partial charge in [0.15, 0.2) is 9.84 Å². The van der Waals surface area contributed by atoms with E-state index >= 15 is 0 Å². The first kappa shape index (κ1) is 13.2. The van der Waals surface area contributed by atoms with E-state index in [9.17, 15) is 8.42 Å². The summed E-state index contributed by atoms with van der Waals surface area (Å²) in [5.74, 6) is 0.371. The van der Waals surface area contributed by atoms with E-state index in [2.05, 4.69) is 11.4 Å². The molecule has 1 aromatic rings. The minimum Gasteiger partial charge on any atom is -0.380 e. The predicted octanol–water partition coefficient (Wildman–Crippen LogP) is 2.20. The summed E-state index contributed by atoms with van der Waals surface area (Å²) in [7, 11) is -2.96. The van der Waals surface area contributed by atoms with Crippen LogP contribution in [-0.2, 0) is 9.84 Å². The van der Waals surface area contributed by atoms with Gasteiger partial charge in [0, 0.05) is 11.1 Å². The normalized spacial score (nSPS) is 22.1. The van der Waals surface area contributed by atoms with Crippen molar-refractivity contribution in [3.8, 4) is 6.07 Å². The number of nitriles is 1. The number of hydrogen-bond acceptors (Lipinski definition) is 4. The molecule has 0 amide bonds. The van der Waals surface area contributed by atoms with E-state index in [-0.39, 0.29) is 17.5 Å². The third-order valence-corrected chi connectivity index (χ3v) is 4.98. The zero-order chi connectivity index (χ0) is 13.2. The monoisotopic (exact) mass is 284 g/mol. The van der Waals surface area contributed by atoms with Gasteiger partial charge < -0.3 is 5.32 Å². The van der Waals surface area contributed by atoms with Crippen molar-refractivity contribution in [2.45, 2.75) is 18.9 Å². The van der Waals surface area contributed by atoms with Gasteiger partial charge in [-0.25, -0.2) is 8.42 Å². The molecule has 1 atom stereocenters. The minimum absolute atomic E-state index is 0.115. The molecule has 1 heterocycles. The quantitative estimate of drug-likeness (QED) is 0.904. The molecule has 1 fully saturated rings. The summed E-state index contributed by atoms with van der Waals surface area (Å²) in [6.07, 6.45) is 1.44. The maximum absolute atomic E-state index is 11.5. The lowest BCUT2D eigenvalue weighted by Crippen LogP contribution is -2.35. The maximum Gasteiger partial charge on any atom is 0.152 e. The number of sulfone groups is 1. The van der Waals surface area contributed by atoms with E-state index in [1.54, 1.807) is 18.2 Å². The molecule has 1 unspecified atom stereocenters. The van der Waals surface area contributed by atoms with Crippen molar-refractivity contribution in [2.75, 3.05) is 16.8 Å². The van der Waals surface area contributed by atoms with Crippen molar-refractivity contribution < 1.29 is 8.42 Å². The highest BCUT2D eigenvalue weighted by atomic mass is 35.5. The number of halogens is 1. The molecule has 0 radical (unpaired) electrons. The lowest BCUT2D eigenvalue weighted by molar-refractivity contribution is 0.562. The molecule has 18 heavy (non-hydrogen) atoms. The molecule has 1 aromatic carbocycles. The Morgan fingerprint density at radius 3 is 2.89 bits per heavy atom. The second-order valence-electron chi connectivity index (χ2n) is 4.40. The van der Waals surface area contributed by atoms with Crippen molar-refractivity contribution in [1.82, 2.24) is 0 Å². The van der Waals surface area contributed by atoms with Crippen LogP contribution in [0.5, 0.6) is 0 Å². The topological polar surface area (TPSA) is 70.0 Å². The molecule has 0 saturated carbocycles. The van der Waals surface area contributed by atoms with Crippen molar-refractivity contribution >= 4 is 27.1 Å². The van der Waals surface area contributed by atoms with E-state index in [0.717, 1.165) is 6.42 Å². The van der Waals surface area contributed by atoms with Crippen LogP contribution in [0.4, 0.5) is 5.69 Å². The summed E-state index contributed by atoms with van der Waals surface area (Å²) in [4.78, 5) is 0. The Bertz CT molecular complexity index is 593. The van der Waals surface area contributed by atoms with Gasteiger partial charge in [0.1, 0.15) is 6.07 Å². The van der Waals surface area contributed by atoms with Crippen LogP contribution < -0.4 is 5.32 Å². The molecule has 0 aliphatic carbocycles. The van der Waals surface area contributed by atoms with E-state index in [0.29, 0.717) is 22.7 Å². The van der Waals surface area contributed by atoms with Crippen molar-refractivity contribution in [2.24, 2.45) is 0 Å². The number of nitrogens with zero attached hydrogens (tertiary/aromatic N) is 1. The Hall–Kier alpha value is -1.25. The fourth-order valence-corrected chi connectivity index (χ4v) is 3.90. The standard InChI is InChI=1S/C12H13ClN2O2S/c13-10-4-3-9(7-14)12(6-10)15-11-2-1-5-18(16,17)8-11/h3-4,6,11,15H,1-2,5,8H2. The number of rotatable bonds is 2. The maximum atomic E-state index is 11.5. The van der Waals surface area contributed by atoms with Gasteiger partial charge in [-0.05, 0) is 31.0 Å². The highest BCUT2D eigenvalue weighted by molar-refractivity contribution is 7.91. The summed E-state index contributed by atoms with van der Waals surface area (Å²) in [5.41, 5.74) is 1.08. The molecule has 4 nitrogen and oxygen atoms in total. The van der Waals surface area contributed by atoms with Gasteiger partial charge in [-0.3, -0.25) is 0 Å². The van der Waals surface area contributed by atoms with Crippen LogP contribution in [0, 0.1) is 11.3 Å². The highest BCUT2D eigenvalue weighted by Crippen LogP contribution is 2.23. The van der Waals surface area contributed by atoms with E-state index in [4.69, 9.17) is 16.9 Å². The van der Waals surface area contributed by atoms with E-state index in [1.807, 2.05) is 0 Å². The molecule has 0 aromatic heterocycles. The van der Waals surface area contributed by atoms with Crippen LogP contribution in [0.25, 0.3) is 0 Å².